The molecule has 0 spiro atoms. The maximum Gasteiger partial charge on any atom is 0.418 e. The summed E-state index contributed by atoms with van der Waals surface area (Å²) in [6, 6.07) is 8.17. The molecule has 0 aliphatic carbocycles. The average molecular weight is 354 g/mol. The summed E-state index contributed by atoms with van der Waals surface area (Å²) in [6.45, 7) is 0. The Morgan fingerprint density at radius 1 is 1.17 bits per heavy atom. The van der Waals surface area contributed by atoms with Crippen LogP contribution in [0.25, 0.3) is 5.65 Å². The molecule has 1 amide bonds. The van der Waals surface area contributed by atoms with Gasteiger partial charge >= 0.3 is 6.18 Å². The summed E-state index contributed by atoms with van der Waals surface area (Å²) in [6.07, 6.45) is -1.45. The first-order valence-electron chi connectivity index (χ1n) is 6.92. The molecule has 0 saturated carbocycles. The Bertz CT molecular complexity index is 905. The Labute approximate surface area is 139 Å². The zero-order valence-corrected chi connectivity index (χ0v) is 12.9. The molecule has 0 saturated heterocycles. The molecule has 124 valence electrons. The van der Waals surface area contributed by atoms with Crippen LogP contribution in [0.5, 0.6) is 0 Å². The molecule has 24 heavy (non-hydrogen) atoms. The van der Waals surface area contributed by atoms with Crippen LogP contribution in [-0.2, 0) is 17.4 Å². The number of para-hydroxylation sites is 1. The summed E-state index contributed by atoms with van der Waals surface area (Å²) >= 11 is 5.87. The summed E-state index contributed by atoms with van der Waals surface area (Å²) in [4.78, 5) is 16.3. The molecule has 2 heterocycles. The average Bonchev–Trinajstić information content (AvgIpc) is 2.87. The highest BCUT2D eigenvalue weighted by atomic mass is 35.5. The van der Waals surface area contributed by atoms with Crippen molar-refractivity contribution in [2.24, 2.45) is 0 Å². The number of alkyl halides is 3. The predicted octanol–water partition coefficient (Wildman–Crippen LogP) is 4.19. The van der Waals surface area contributed by atoms with Gasteiger partial charge in [0, 0.05) is 12.4 Å². The van der Waals surface area contributed by atoms with E-state index in [4.69, 9.17) is 11.6 Å². The third kappa shape index (κ3) is 3.51. The number of hydrogen-bond donors (Lipinski definition) is 1. The summed E-state index contributed by atoms with van der Waals surface area (Å²) in [7, 11) is 0. The van der Waals surface area contributed by atoms with Gasteiger partial charge in [0.1, 0.15) is 5.65 Å². The lowest BCUT2D eigenvalue weighted by Crippen LogP contribution is -2.18. The first kappa shape index (κ1) is 16.3. The van der Waals surface area contributed by atoms with Crippen molar-refractivity contribution >= 4 is 28.8 Å². The van der Waals surface area contributed by atoms with Crippen molar-refractivity contribution in [3.8, 4) is 0 Å². The normalized spacial score (nSPS) is 11.7. The van der Waals surface area contributed by atoms with Crippen molar-refractivity contribution < 1.29 is 18.0 Å². The molecule has 0 unspecified atom stereocenters. The Hall–Kier alpha value is -2.54. The molecule has 3 rings (SSSR count). The summed E-state index contributed by atoms with van der Waals surface area (Å²) < 4.78 is 40.4. The minimum absolute atomic E-state index is 0.147. The first-order chi connectivity index (χ1) is 11.3. The third-order valence-electron chi connectivity index (χ3n) is 3.31. The molecule has 0 fully saturated rings. The number of anilines is 1. The van der Waals surface area contributed by atoms with Crippen LogP contribution in [0.1, 0.15) is 11.3 Å². The number of carbonyl (C=O) groups excluding carboxylic acids is 1. The number of nitrogens with one attached hydrogen (secondary N) is 1. The number of halogens is 4. The zero-order valence-electron chi connectivity index (χ0n) is 12.1. The molecule has 0 bridgehead atoms. The molecular formula is C16H11ClF3N3O. The summed E-state index contributed by atoms with van der Waals surface area (Å²) in [5, 5.41) is 2.80. The number of carbonyl (C=O) groups is 1. The number of amides is 1. The van der Waals surface area contributed by atoms with Gasteiger partial charge < -0.3 is 9.72 Å². The van der Waals surface area contributed by atoms with Crippen molar-refractivity contribution in [2.75, 3.05) is 5.32 Å². The van der Waals surface area contributed by atoms with Crippen LogP contribution in [0.3, 0.4) is 0 Å². The van der Waals surface area contributed by atoms with Crippen LogP contribution in [0.2, 0.25) is 5.02 Å². The number of fused-ring (bicyclic) bond motifs is 1. The van der Waals surface area contributed by atoms with Crippen LogP contribution < -0.4 is 5.32 Å². The molecule has 0 aliphatic heterocycles. The molecule has 0 atom stereocenters. The Morgan fingerprint density at radius 3 is 2.67 bits per heavy atom. The third-order valence-corrected chi connectivity index (χ3v) is 3.54. The minimum Gasteiger partial charge on any atom is -0.325 e. The molecule has 0 aliphatic rings. The molecule has 8 heteroatoms. The first-order valence-corrected chi connectivity index (χ1v) is 7.30. The quantitative estimate of drug-likeness (QED) is 0.767. The highest BCUT2D eigenvalue weighted by molar-refractivity contribution is 6.30. The van der Waals surface area contributed by atoms with E-state index in [-0.39, 0.29) is 12.1 Å². The fraction of sp³-hybridized carbons (Fsp3) is 0.125. The second-order valence-electron chi connectivity index (χ2n) is 5.11. The number of aromatic nitrogens is 2. The van der Waals surface area contributed by atoms with Crippen molar-refractivity contribution in [2.45, 2.75) is 12.6 Å². The maximum absolute atomic E-state index is 12.9. The molecule has 1 N–H and O–H groups in total. The number of benzene rings is 1. The van der Waals surface area contributed by atoms with Crippen molar-refractivity contribution in [1.82, 2.24) is 9.38 Å². The predicted molar refractivity (Wildman–Crippen MR) is 84.0 cm³/mol. The van der Waals surface area contributed by atoms with E-state index in [0.717, 1.165) is 6.07 Å². The van der Waals surface area contributed by atoms with Crippen LogP contribution in [-0.4, -0.2) is 15.3 Å². The van der Waals surface area contributed by atoms with Gasteiger partial charge in [-0.1, -0.05) is 23.7 Å². The Balaban J connectivity index is 1.78. The van der Waals surface area contributed by atoms with Gasteiger partial charge in [-0.3, -0.25) is 4.79 Å². The SMILES string of the molecule is O=C(Cc1cn2cc(Cl)ccc2n1)Nc1ccccc1C(F)(F)F. The van der Waals surface area contributed by atoms with Gasteiger partial charge in [0.25, 0.3) is 0 Å². The van der Waals surface area contributed by atoms with Crippen molar-refractivity contribution in [3.63, 3.8) is 0 Å². The van der Waals surface area contributed by atoms with E-state index in [1.54, 1.807) is 28.9 Å². The number of hydrogen-bond acceptors (Lipinski definition) is 2. The fourth-order valence-electron chi connectivity index (χ4n) is 2.30. The molecule has 4 nitrogen and oxygen atoms in total. The highest BCUT2D eigenvalue weighted by Crippen LogP contribution is 2.34. The molecular weight excluding hydrogens is 343 g/mol. The molecule has 0 radical (unpaired) electrons. The molecule has 1 aromatic carbocycles. The lowest BCUT2D eigenvalue weighted by atomic mass is 10.1. The second-order valence-corrected chi connectivity index (χ2v) is 5.55. The van der Waals surface area contributed by atoms with E-state index >= 15 is 0 Å². The van der Waals surface area contributed by atoms with E-state index < -0.39 is 17.6 Å². The summed E-state index contributed by atoms with van der Waals surface area (Å²) in [5.41, 5.74) is -0.140. The Kier molecular flexibility index (Phi) is 4.19. The van der Waals surface area contributed by atoms with Gasteiger partial charge in [-0.05, 0) is 24.3 Å². The van der Waals surface area contributed by atoms with E-state index in [1.165, 1.54) is 18.2 Å². The molecule has 2 aromatic heterocycles. The number of nitrogens with zero attached hydrogens (tertiary/aromatic N) is 2. The van der Waals surface area contributed by atoms with Crippen LogP contribution >= 0.6 is 11.6 Å². The van der Waals surface area contributed by atoms with Crippen LogP contribution in [0, 0.1) is 0 Å². The van der Waals surface area contributed by atoms with Crippen LogP contribution in [0.4, 0.5) is 18.9 Å². The van der Waals surface area contributed by atoms with Gasteiger partial charge in [-0.25, -0.2) is 4.98 Å². The van der Waals surface area contributed by atoms with E-state index in [2.05, 4.69) is 10.3 Å². The van der Waals surface area contributed by atoms with Crippen molar-refractivity contribution in [1.29, 1.82) is 0 Å². The van der Waals surface area contributed by atoms with Gasteiger partial charge in [0.05, 0.1) is 28.4 Å². The lowest BCUT2D eigenvalue weighted by molar-refractivity contribution is -0.137. The second kappa shape index (κ2) is 6.16. The fourth-order valence-corrected chi connectivity index (χ4v) is 2.47. The topological polar surface area (TPSA) is 46.4 Å². The largest absolute Gasteiger partial charge is 0.418 e. The lowest BCUT2D eigenvalue weighted by Gasteiger charge is -2.13. The van der Waals surface area contributed by atoms with Gasteiger partial charge in [-0.2, -0.15) is 13.2 Å². The summed E-state index contributed by atoms with van der Waals surface area (Å²) in [5.74, 6) is -0.582. The van der Waals surface area contributed by atoms with Gasteiger partial charge in [0.2, 0.25) is 5.91 Å². The van der Waals surface area contributed by atoms with Gasteiger partial charge in [-0.15, -0.1) is 0 Å². The number of rotatable bonds is 3. The number of imidazole rings is 1. The van der Waals surface area contributed by atoms with Crippen LogP contribution in [0.15, 0.2) is 48.8 Å². The van der Waals surface area contributed by atoms with Gasteiger partial charge in [0.15, 0.2) is 0 Å². The monoisotopic (exact) mass is 353 g/mol. The minimum atomic E-state index is -4.54. The Morgan fingerprint density at radius 2 is 1.92 bits per heavy atom. The van der Waals surface area contributed by atoms with E-state index in [0.29, 0.717) is 16.4 Å². The standard InChI is InChI=1S/C16H11ClF3N3O/c17-10-5-6-14-21-11(9-23(14)8-10)7-15(24)22-13-4-2-1-3-12(13)16(18,19)20/h1-6,8-9H,7H2,(H,22,24). The maximum atomic E-state index is 12.9. The smallest absolute Gasteiger partial charge is 0.325 e. The van der Waals surface area contributed by atoms with E-state index in [9.17, 15) is 18.0 Å². The highest BCUT2D eigenvalue weighted by Gasteiger charge is 2.33. The zero-order chi connectivity index (χ0) is 17.3. The van der Waals surface area contributed by atoms with E-state index in [1.807, 2.05) is 0 Å². The van der Waals surface area contributed by atoms with Crippen molar-refractivity contribution in [3.05, 3.63) is 65.1 Å². The molecule has 3 aromatic rings. The number of pyridine rings is 1.